The number of ether oxygens (including phenoxy) is 1. The maximum Gasteiger partial charge on any atom is 0.335 e. The van der Waals surface area contributed by atoms with Gasteiger partial charge in [0.25, 0.3) is 0 Å². The minimum absolute atomic E-state index is 0.0944. The summed E-state index contributed by atoms with van der Waals surface area (Å²) in [5.41, 5.74) is 1.53. The molecule has 27 heavy (non-hydrogen) atoms. The van der Waals surface area contributed by atoms with E-state index in [2.05, 4.69) is 15.0 Å². The van der Waals surface area contributed by atoms with Crippen LogP contribution in [0.1, 0.15) is 29.0 Å². The summed E-state index contributed by atoms with van der Waals surface area (Å²) in [5, 5.41) is 9.23. The normalized spacial score (nSPS) is 13.6. The van der Waals surface area contributed by atoms with E-state index >= 15 is 0 Å². The number of aryl methyl sites for hydroxylation is 1. The molecule has 138 valence electrons. The Kier molecular flexibility index (Phi) is 4.35. The zero-order chi connectivity index (χ0) is 19.0. The molecule has 2 N–H and O–H groups in total. The number of hydrogen-bond acceptors (Lipinski definition) is 4. The minimum atomic E-state index is -1.06. The zero-order valence-electron chi connectivity index (χ0n) is 14.7. The number of pyridine rings is 1. The lowest BCUT2D eigenvalue weighted by atomic mass is 10.1. The van der Waals surface area contributed by atoms with Crippen molar-refractivity contribution in [3.05, 3.63) is 53.7 Å². The number of halogens is 1. The molecular formula is C20H18FN3O3. The number of hydrogen-bond donors (Lipinski definition) is 2. The van der Waals surface area contributed by atoms with E-state index in [-0.39, 0.29) is 11.1 Å². The van der Waals surface area contributed by atoms with E-state index in [0.29, 0.717) is 41.2 Å². The van der Waals surface area contributed by atoms with Crippen molar-refractivity contribution >= 4 is 5.97 Å². The van der Waals surface area contributed by atoms with E-state index < -0.39 is 11.8 Å². The summed E-state index contributed by atoms with van der Waals surface area (Å²) < 4.78 is 20.6. The molecule has 4 rings (SSSR count). The van der Waals surface area contributed by atoms with Crippen LogP contribution in [0.3, 0.4) is 0 Å². The van der Waals surface area contributed by atoms with Gasteiger partial charge in [0, 0.05) is 6.20 Å². The third-order valence-corrected chi connectivity index (χ3v) is 4.47. The van der Waals surface area contributed by atoms with Crippen molar-refractivity contribution in [3.8, 4) is 28.4 Å². The Morgan fingerprint density at radius 3 is 2.93 bits per heavy atom. The first kappa shape index (κ1) is 17.2. The number of carboxylic acids is 1. The highest BCUT2D eigenvalue weighted by molar-refractivity contribution is 5.90. The van der Waals surface area contributed by atoms with E-state index in [9.17, 15) is 14.3 Å². The summed E-state index contributed by atoms with van der Waals surface area (Å²) in [4.78, 5) is 23.0. The summed E-state index contributed by atoms with van der Waals surface area (Å²) in [5.74, 6) is -0.000364. The quantitative estimate of drug-likeness (QED) is 0.686. The van der Waals surface area contributed by atoms with Gasteiger partial charge in [0.15, 0.2) is 0 Å². The van der Waals surface area contributed by atoms with Gasteiger partial charge in [0.1, 0.15) is 23.1 Å². The number of benzene rings is 1. The van der Waals surface area contributed by atoms with Crippen LogP contribution in [0.4, 0.5) is 4.39 Å². The first-order valence-corrected chi connectivity index (χ1v) is 8.71. The molecule has 7 heteroatoms. The average Bonchev–Trinajstić information content (AvgIpc) is 3.40. The Morgan fingerprint density at radius 2 is 2.19 bits per heavy atom. The van der Waals surface area contributed by atoms with Gasteiger partial charge in [-0.3, -0.25) is 4.98 Å². The molecule has 3 aromatic rings. The van der Waals surface area contributed by atoms with Gasteiger partial charge in [-0.05, 0) is 49.9 Å². The molecule has 0 spiro atoms. The SMILES string of the molecule is Cc1nc(-c2c(F)cccc2OCC2CC2)c(-c2cc(C(=O)O)ccn2)[nH]1. The lowest BCUT2D eigenvalue weighted by molar-refractivity contribution is 0.0697. The van der Waals surface area contributed by atoms with Crippen LogP contribution in [0.2, 0.25) is 0 Å². The van der Waals surface area contributed by atoms with E-state index in [4.69, 9.17) is 4.74 Å². The highest BCUT2D eigenvalue weighted by Crippen LogP contribution is 2.38. The van der Waals surface area contributed by atoms with Crippen LogP contribution < -0.4 is 4.74 Å². The summed E-state index contributed by atoms with van der Waals surface area (Å²) >= 11 is 0. The predicted octanol–water partition coefficient (Wildman–Crippen LogP) is 4.07. The van der Waals surface area contributed by atoms with Gasteiger partial charge in [-0.2, -0.15) is 0 Å². The molecule has 0 unspecified atom stereocenters. The number of rotatable bonds is 6. The fourth-order valence-corrected chi connectivity index (χ4v) is 2.90. The van der Waals surface area contributed by atoms with Crippen LogP contribution in [0.15, 0.2) is 36.5 Å². The molecule has 0 aliphatic heterocycles. The molecule has 0 amide bonds. The lowest BCUT2D eigenvalue weighted by Crippen LogP contribution is -2.02. The minimum Gasteiger partial charge on any atom is -0.492 e. The molecule has 1 aromatic carbocycles. The standard InChI is InChI=1S/C20H18FN3O3/c1-11-23-18(15-9-13(20(25)26)7-8-22-15)19(24-11)17-14(21)3-2-4-16(17)27-10-12-5-6-12/h2-4,7-9,12H,5-6,10H2,1H3,(H,23,24)(H,25,26). The maximum atomic E-state index is 14.7. The third kappa shape index (κ3) is 3.53. The molecule has 0 atom stereocenters. The fraction of sp³-hybridized carbons (Fsp3) is 0.250. The van der Waals surface area contributed by atoms with Crippen LogP contribution >= 0.6 is 0 Å². The van der Waals surface area contributed by atoms with Crippen LogP contribution in [-0.2, 0) is 0 Å². The van der Waals surface area contributed by atoms with E-state index in [1.165, 1.54) is 24.4 Å². The van der Waals surface area contributed by atoms with Gasteiger partial charge in [-0.15, -0.1) is 0 Å². The second-order valence-electron chi connectivity index (χ2n) is 6.65. The molecule has 2 heterocycles. The summed E-state index contributed by atoms with van der Waals surface area (Å²) in [7, 11) is 0. The zero-order valence-corrected chi connectivity index (χ0v) is 14.7. The Hall–Kier alpha value is -3.22. The second-order valence-corrected chi connectivity index (χ2v) is 6.65. The fourth-order valence-electron chi connectivity index (χ4n) is 2.90. The van der Waals surface area contributed by atoms with Crippen molar-refractivity contribution in [3.63, 3.8) is 0 Å². The number of aromatic amines is 1. The second kappa shape index (κ2) is 6.83. The molecule has 1 aliphatic rings. The number of aromatic nitrogens is 3. The molecule has 1 fully saturated rings. The molecular weight excluding hydrogens is 349 g/mol. The van der Waals surface area contributed by atoms with E-state index in [1.807, 2.05) is 0 Å². The maximum absolute atomic E-state index is 14.7. The lowest BCUT2D eigenvalue weighted by Gasteiger charge is -2.12. The Bertz CT molecular complexity index is 1010. The van der Waals surface area contributed by atoms with Crippen molar-refractivity contribution in [1.82, 2.24) is 15.0 Å². The van der Waals surface area contributed by atoms with Crippen molar-refractivity contribution in [1.29, 1.82) is 0 Å². The van der Waals surface area contributed by atoms with Crippen LogP contribution in [0.5, 0.6) is 5.75 Å². The van der Waals surface area contributed by atoms with Crippen molar-refractivity contribution < 1.29 is 19.0 Å². The molecule has 0 bridgehead atoms. The number of carbonyl (C=O) groups is 1. The number of H-pyrrole nitrogens is 1. The molecule has 1 saturated carbocycles. The van der Waals surface area contributed by atoms with Crippen molar-refractivity contribution in [2.24, 2.45) is 5.92 Å². The third-order valence-electron chi connectivity index (χ3n) is 4.47. The first-order chi connectivity index (χ1) is 13.0. The van der Waals surface area contributed by atoms with Crippen LogP contribution in [0.25, 0.3) is 22.6 Å². The van der Waals surface area contributed by atoms with Gasteiger partial charge in [-0.1, -0.05) is 6.07 Å². The molecule has 0 radical (unpaired) electrons. The van der Waals surface area contributed by atoms with E-state index in [0.717, 1.165) is 12.8 Å². The largest absolute Gasteiger partial charge is 0.492 e. The van der Waals surface area contributed by atoms with Crippen molar-refractivity contribution in [2.75, 3.05) is 6.61 Å². The van der Waals surface area contributed by atoms with Gasteiger partial charge in [0.2, 0.25) is 0 Å². The Labute approximate surface area is 155 Å². The number of imidazole rings is 1. The highest BCUT2D eigenvalue weighted by Gasteiger charge is 2.25. The van der Waals surface area contributed by atoms with Gasteiger partial charge in [0.05, 0.1) is 29.1 Å². The van der Waals surface area contributed by atoms with Gasteiger partial charge < -0.3 is 14.8 Å². The Morgan fingerprint density at radius 1 is 1.37 bits per heavy atom. The highest BCUT2D eigenvalue weighted by atomic mass is 19.1. The number of nitrogens with one attached hydrogen (secondary N) is 1. The van der Waals surface area contributed by atoms with Gasteiger partial charge >= 0.3 is 5.97 Å². The monoisotopic (exact) mass is 367 g/mol. The number of carboxylic acid groups (broad SMARTS) is 1. The first-order valence-electron chi connectivity index (χ1n) is 8.71. The van der Waals surface area contributed by atoms with Gasteiger partial charge in [-0.25, -0.2) is 14.2 Å². The predicted molar refractivity (Wildman–Crippen MR) is 97.1 cm³/mol. The smallest absolute Gasteiger partial charge is 0.335 e. The van der Waals surface area contributed by atoms with Crippen molar-refractivity contribution in [2.45, 2.75) is 19.8 Å². The molecule has 2 aromatic heterocycles. The summed E-state index contributed by atoms with van der Waals surface area (Å²) in [6.07, 6.45) is 3.66. The summed E-state index contributed by atoms with van der Waals surface area (Å²) in [6.45, 7) is 2.29. The van der Waals surface area contributed by atoms with E-state index in [1.54, 1.807) is 19.1 Å². The Balaban J connectivity index is 1.82. The molecule has 6 nitrogen and oxygen atoms in total. The molecule has 0 saturated heterocycles. The number of aromatic carboxylic acids is 1. The average molecular weight is 367 g/mol. The van der Waals surface area contributed by atoms with Crippen LogP contribution in [0, 0.1) is 18.7 Å². The topological polar surface area (TPSA) is 88.1 Å². The summed E-state index contributed by atoms with van der Waals surface area (Å²) in [6, 6.07) is 7.51. The van der Waals surface area contributed by atoms with Crippen LogP contribution in [-0.4, -0.2) is 32.6 Å². The molecule has 1 aliphatic carbocycles. The number of nitrogens with zero attached hydrogens (tertiary/aromatic N) is 2.